The first-order valence-corrected chi connectivity index (χ1v) is 5.27. The summed E-state index contributed by atoms with van der Waals surface area (Å²) in [6.45, 7) is 5.07. The Hall–Kier alpha value is -0.610. The molecule has 1 aliphatic heterocycles. The molecule has 4 heteroatoms. The normalized spacial score (nSPS) is 21.9. The van der Waals surface area contributed by atoms with Crippen LogP contribution >= 0.6 is 0 Å². The zero-order valence-electron chi connectivity index (χ0n) is 8.75. The largest absolute Gasteiger partial charge is 0.464 e. The van der Waals surface area contributed by atoms with E-state index in [0.29, 0.717) is 19.1 Å². The Morgan fingerprint density at radius 1 is 1.57 bits per heavy atom. The molecule has 0 aromatic heterocycles. The summed E-state index contributed by atoms with van der Waals surface area (Å²) < 4.78 is 10.0. The highest BCUT2D eigenvalue weighted by Crippen LogP contribution is 2.09. The Morgan fingerprint density at radius 2 is 2.43 bits per heavy atom. The Balaban J connectivity index is 1.99. The van der Waals surface area contributed by atoms with E-state index in [1.165, 1.54) is 12.8 Å². The molecule has 1 atom stereocenters. The summed E-state index contributed by atoms with van der Waals surface area (Å²) in [6, 6.07) is 0. The summed E-state index contributed by atoms with van der Waals surface area (Å²) in [4.78, 5) is 10.9. The van der Waals surface area contributed by atoms with Crippen LogP contribution in [0.25, 0.3) is 0 Å². The van der Waals surface area contributed by atoms with Gasteiger partial charge in [-0.3, -0.25) is 0 Å². The third-order valence-corrected chi connectivity index (χ3v) is 2.28. The van der Waals surface area contributed by atoms with Crippen LogP contribution in [0, 0.1) is 5.92 Å². The van der Waals surface area contributed by atoms with E-state index in [9.17, 15) is 4.79 Å². The molecule has 1 unspecified atom stereocenters. The third-order valence-electron chi connectivity index (χ3n) is 2.28. The summed E-state index contributed by atoms with van der Waals surface area (Å²) in [7, 11) is 0. The molecule has 0 spiro atoms. The van der Waals surface area contributed by atoms with Gasteiger partial charge in [-0.05, 0) is 32.2 Å². The van der Waals surface area contributed by atoms with E-state index in [1.807, 2.05) is 0 Å². The van der Waals surface area contributed by atoms with Gasteiger partial charge < -0.3 is 14.8 Å². The van der Waals surface area contributed by atoms with Gasteiger partial charge in [-0.1, -0.05) is 0 Å². The summed E-state index contributed by atoms with van der Waals surface area (Å²) >= 11 is 0. The minimum atomic E-state index is -0.267. The van der Waals surface area contributed by atoms with Crippen molar-refractivity contribution in [2.24, 2.45) is 5.92 Å². The fourth-order valence-corrected chi connectivity index (χ4v) is 1.58. The SMILES string of the molecule is CCOC(=O)COCC1CCCNC1. The zero-order valence-corrected chi connectivity index (χ0v) is 8.75. The van der Waals surface area contributed by atoms with Gasteiger partial charge in [0.25, 0.3) is 0 Å². The summed E-state index contributed by atoms with van der Waals surface area (Å²) in [5.41, 5.74) is 0. The monoisotopic (exact) mass is 201 g/mol. The van der Waals surface area contributed by atoms with Crippen LogP contribution in [0.15, 0.2) is 0 Å². The van der Waals surface area contributed by atoms with E-state index in [4.69, 9.17) is 9.47 Å². The lowest BCUT2D eigenvalue weighted by Gasteiger charge is -2.22. The number of esters is 1. The van der Waals surface area contributed by atoms with Gasteiger partial charge >= 0.3 is 5.97 Å². The van der Waals surface area contributed by atoms with Gasteiger partial charge in [0.15, 0.2) is 0 Å². The molecule has 0 radical (unpaired) electrons. The summed E-state index contributed by atoms with van der Waals surface area (Å²) in [5.74, 6) is 0.287. The highest BCUT2D eigenvalue weighted by molar-refractivity contribution is 5.70. The molecule has 0 bridgehead atoms. The molecule has 1 aliphatic rings. The van der Waals surface area contributed by atoms with Gasteiger partial charge in [-0.2, -0.15) is 0 Å². The molecule has 1 heterocycles. The van der Waals surface area contributed by atoms with Gasteiger partial charge in [0.05, 0.1) is 13.2 Å². The van der Waals surface area contributed by atoms with Crippen molar-refractivity contribution in [3.05, 3.63) is 0 Å². The number of hydrogen-bond donors (Lipinski definition) is 1. The predicted octanol–water partition coefficient (Wildman–Crippen LogP) is 0.566. The lowest BCUT2D eigenvalue weighted by atomic mass is 10.0. The number of hydrogen-bond acceptors (Lipinski definition) is 4. The van der Waals surface area contributed by atoms with Crippen molar-refractivity contribution in [1.82, 2.24) is 5.32 Å². The third kappa shape index (κ3) is 4.58. The van der Waals surface area contributed by atoms with Crippen molar-refractivity contribution in [3.63, 3.8) is 0 Å². The highest BCUT2D eigenvalue weighted by Gasteiger charge is 2.13. The molecule has 1 saturated heterocycles. The molecule has 1 N–H and O–H groups in total. The van der Waals surface area contributed by atoms with Crippen molar-refractivity contribution in [2.75, 3.05) is 32.9 Å². The Labute approximate surface area is 85.0 Å². The fourth-order valence-electron chi connectivity index (χ4n) is 1.58. The van der Waals surface area contributed by atoms with Crippen molar-refractivity contribution in [2.45, 2.75) is 19.8 Å². The lowest BCUT2D eigenvalue weighted by Crippen LogP contribution is -2.32. The second kappa shape index (κ2) is 6.79. The summed E-state index contributed by atoms with van der Waals surface area (Å²) in [6.07, 6.45) is 2.39. The van der Waals surface area contributed by atoms with Crippen LogP contribution < -0.4 is 5.32 Å². The standard InChI is InChI=1S/C10H19NO3/c1-2-14-10(12)8-13-7-9-4-3-5-11-6-9/h9,11H,2-8H2,1H3. The Bertz CT molecular complexity index is 167. The molecule has 0 aliphatic carbocycles. The van der Waals surface area contributed by atoms with Crippen molar-refractivity contribution in [3.8, 4) is 0 Å². The molecule has 0 aromatic carbocycles. The van der Waals surface area contributed by atoms with Gasteiger partial charge in [0.1, 0.15) is 6.61 Å². The smallest absolute Gasteiger partial charge is 0.332 e. The van der Waals surface area contributed by atoms with Crippen LogP contribution in [0.1, 0.15) is 19.8 Å². The van der Waals surface area contributed by atoms with Gasteiger partial charge in [0, 0.05) is 6.54 Å². The Morgan fingerprint density at radius 3 is 3.07 bits per heavy atom. The Kier molecular flexibility index (Phi) is 5.56. The molecule has 1 fully saturated rings. The second-order valence-electron chi connectivity index (χ2n) is 3.53. The zero-order chi connectivity index (χ0) is 10.2. The average Bonchev–Trinajstić information content (AvgIpc) is 2.20. The maximum absolute atomic E-state index is 10.9. The predicted molar refractivity (Wildman–Crippen MR) is 53.0 cm³/mol. The molecule has 0 aromatic rings. The van der Waals surface area contributed by atoms with E-state index in [2.05, 4.69) is 5.32 Å². The van der Waals surface area contributed by atoms with E-state index < -0.39 is 0 Å². The van der Waals surface area contributed by atoms with Crippen LogP contribution in [-0.2, 0) is 14.3 Å². The first-order valence-electron chi connectivity index (χ1n) is 5.27. The minimum Gasteiger partial charge on any atom is -0.464 e. The van der Waals surface area contributed by atoms with Crippen molar-refractivity contribution >= 4 is 5.97 Å². The minimum absolute atomic E-state index is 0.0876. The molecule has 82 valence electrons. The average molecular weight is 201 g/mol. The molecule has 1 rings (SSSR count). The molecule has 0 saturated carbocycles. The fraction of sp³-hybridized carbons (Fsp3) is 0.900. The number of carbonyl (C=O) groups is 1. The maximum Gasteiger partial charge on any atom is 0.332 e. The van der Waals surface area contributed by atoms with Crippen LogP contribution in [0.2, 0.25) is 0 Å². The van der Waals surface area contributed by atoms with Crippen molar-refractivity contribution < 1.29 is 14.3 Å². The molecular formula is C10H19NO3. The topological polar surface area (TPSA) is 47.6 Å². The summed E-state index contributed by atoms with van der Waals surface area (Å²) in [5, 5.41) is 3.30. The number of piperidine rings is 1. The molecule has 0 amide bonds. The van der Waals surface area contributed by atoms with Gasteiger partial charge in [-0.15, -0.1) is 0 Å². The number of carbonyl (C=O) groups excluding carboxylic acids is 1. The molecular weight excluding hydrogens is 182 g/mol. The van der Waals surface area contributed by atoms with Crippen LogP contribution in [0.3, 0.4) is 0 Å². The first-order chi connectivity index (χ1) is 6.83. The van der Waals surface area contributed by atoms with Crippen LogP contribution in [-0.4, -0.2) is 38.9 Å². The highest BCUT2D eigenvalue weighted by atomic mass is 16.6. The number of ether oxygens (including phenoxy) is 2. The van der Waals surface area contributed by atoms with Crippen molar-refractivity contribution in [1.29, 1.82) is 0 Å². The molecule has 14 heavy (non-hydrogen) atoms. The molecule has 4 nitrogen and oxygen atoms in total. The van der Waals surface area contributed by atoms with Gasteiger partial charge in [0.2, 0.25) is 0 Å². The van der Waals surface area contributed by atoms with E-state index in [-0.39, 0.29) is 12.6 Å². The van der Waals surface area contributed by atoms with E-state index >= 15 is 0 Å². The van der Waals surface area contributed by atoms with E-state index in [1.54, 1.807) is 6.92 Å². The number of nitrogens with one attached hydrogen (secondary N) is 1. The van der Waals surface area contributed by atoms with Gasteiger partial charge in [-0.25, -0.2) is 4.79 Å². The number of rotatable bonds is 5. The lowest BCUT2D eigenvalue weighted by molar-refractivity contribution is -0.148. The quantitative estimate of drug-likeness (QED) is 0.660. The van der Waals surface area contributed by atoms with Crippen LogP contribution in [0.5, 0.6) is 0 Å². The second-order valence-corrected chi connectivity index (χ2v) is 3.53. The van der Waals surface area contributed by atoms with E-state index in [0.717, 1.165) is 13.1 Å². The first kappa shape index (κ1) is 11.5. The maximum atomic E-state index is 10.9. The van der Waals surface area contributed by atoms with Crippen LogP contribution in [0.4, 0.5) is 0 Å².